The first-order valence-corrected chi connectivity index (χ1v) is 8.81. The van der Waals surface area contributed by atoms with Crippen LogP contribution in [-0.4, -0.2) is 59.1 Å². The van der Waals surface area contributed by atoms with Gasteiger partial charge in [0.1, 0.15) is 11.3 Å². The van der Waals surface area contributed by atoms with Crippen LogP contribution >= 0.6 is 0 Å². The SMILES string of the molecule is COc1ccc(CN2CCC3(CC2)CC(C)(O)CCO3)cc1C(=O)O. The van der Waals surface area contributed by atoms with Gasteiger partial charge in [0.25, 0.3) is 0 Å². The maximum atomic E-state index is 11.4. The molecule has 2 fully saturated rings. The molecule has 2 aliphatic heterocycles. The summed E-state index contributed by atoms with van der Waals surface area (Å²) in [6, 6.07) is 5.32. The number of likely N-dealkylation sites (tertiary alicyclic amines) is 1. The van der Waals surface area contributed by atoms with E-state index < -0.39 is 11.6 Å². The van der Waals surface area contributed by atoms with Gasteiger partial charge in [-0.15, -0.1) is 0 Å². The number of benzene rings is 1. The van der Waals surface area contributed by atoms with E-state index in [0.29, 0.717) is 31.7 Å². The highest BCUT2D eigenvalue weighted by Gasteiger charge is 2.44. The van der Waals surface area contributed by atoms with Crippen LogP contribution in [0.25, 0.3) is 0 Å². The number of carboxylic acids is 1. The van der Waals surface area contributed by atoms with Crippen molar-refractivity contribution < 1.29 is 24.5 Å². The molecule has 2 heterocycles. The van der Waals surface area contributed by atoms with E-state index in [2.05, 4.69) is 4.90 Å². The van der Waals surface area contributed by atoms with Crippen molar-refractivity contribution in [3.63, 3.8) is 0 Å². The second-order valence-electron chi connectivity index (χ2n) is 7.57. The number of rotatable bonds is 4. The Bertz CT molecular complexity index is 635. The van der Waals surface area contributed by atoms with Crippen LogP contribution in [0.5, 0.6) is 5.75 Å². The molecule has 0 aliphatic carbocycles. The van der Waals surface area contributed by atoms with E-state index in [-0.39, 0.29) is 11.2 Å². The van der Waals surface area contributed by atoms with Gasteiger partial charge in [-0.3, -0.25) is 4.90 Å². The minimum atomic E-state index is -0.978. The quantitative estimate of drug-likeness (QED) is 0.868. The Hall–Kier alpha value is -1.63. The van der Waals surface area contributed by atoms with Gasteiger partial charge < -0.3 is 19.7 Å². The summed E-state index contributed by atoms with van der Waals surface area (Å²) >= 11 is 0. The van der Waals surface area contributed by atoms with Gasteiger partial charge in [0.2, 0.25) is 0 Å². The maximum absolute atomic E-state index is 11.4. The van der Waals surface area contributed by atoms with Gasteiger partial charge in [0.15, 0.2) is 0 Å². The van der Waals surface area contributed by atoms with Crippen LogP contribution in [0.4, 0.5) is 0 Å². The number of carboxylic acid groups (broad SMARTS) is 1. The largest absolute Gasteiger partial charge is 0.496 e. The summed E-state index contributed by atoms with van der Waals surface area (Å²) in [7, 11) is 1.48. The molecule has 0 bridgehead atoms. The number of hydrogen-bond donors (Lipinski definition) is 2. The Kier molecular flexibility index (Phi) is 5.04. The first-order valence-electron chi connectivity index (χ1n) is 8.81. The van der Waals surface area contributed by atoms with E-state index in [1.807, 2.05) is 13.0 Å². The minimum Gasteiger partial charge on any atom is -0.496 e. The second-order valence-corrected chi connectivity index (χ2v) is 7.57. The average Bonchev–Trinajstić information content (AvgIpc) is 2.56. The number of ether oxygens (including phenoxy) is 2. The van der Waals surface area contributed by atoms with Gasteiger partial charge in [-0.05, 0) is 43.9 Å². The highest BCUT2D eigenvalue weighted by molar-refractivity contribution is 5.91. The van der Waals surface area contributed by atoms with Crippen molar-refractivity contribution in [3.05, 3.63) is 29.3 Å². The summed E-state index contributed by atoms with van der Waals surface area (Å²) in [4.78, 5) is 13.7. The van der Waals surface area contributed by atoms with Crippen molar-refractivity contribution in [2.24, 2.45) is 0 Å². The number of aliphatic hydroxyl groups is 1. The standard InChI is InChI=1S/C19H27NO5/c1-18(23)7-10-25-19(13-18)5-8-20(9-6-19)12-14-3-4-16(24-2)15(11-14)17(21)22/h3-4,11,23H,5-10,12-13H2,1-2H3,(H,21,22). The molecule has 1 spiro atoms. The topological polar surface area (TPSA) is 79.2 Å². The van der Waals surface area contributed by atoms with Crippen LogP contribution in [0.15, 0.2) is 18.2 Å². The lowest BCUT2D eigenvalue weighted by Gasteiger charge is -2.48. The molecule has 25 heavy (non-hydrogen) atoms. The second kappa shape index (κ2) is 6.94. The highest BCUT2D eigenvalue weighted by atomic mass is 16.5. The lowest BCUT2D eigenvalue weighted by molar-refractivity contribution is -0.173. The Morgan fingerprint density at radius 2 is 2.04 bits per heavy atom. The molecule has 0 saturated carbocycles. The molecule has 138 valence electrons. The zero-order valence-corrected chi connectivity index (χ0v) is 15.0. The van der Waals surface area contributed by atoms with E-state index in [1.54, 1.807) is 12.1 Å². The maximum Gasteiger partial charge on any atom is 0.339 e. The Labute approximate surface area is 148 Å². The van der Waals surface area contributed by atoms with Crippen LogP contribution in [0.1, 0.15) is 48.5 Å². The van der Waals surface area contributed by atoms with Gasteiger partial charge in [-0.1, -0.05) is 6.07 Å². The molecule has 1 aromatic rings. The minimum absolute atomic E-state index is 0.195. The van der Waals surface area contributed by atoms with Crippen LogP contribution in [0.2, 0.25) is 0 Å². The number of nitrogens with zero attached hydrogens (tertiary/aromatic N) is 1. The Balaban J connectivity index is 1.63. The van der Waals surface area contributed by atoms with Gasteiger partial charge in [-0.2, -0.15) is 0 Å². The van der Waals surface area contributed by atoms with Gasteiger partial charge in [0.05, 0.1) is 24.9 Å². The lowest BCUT2D eigenvalue weighted by Crippen LogP contribution is -2.53. The molecular formula is C19H27NO5. The van der Waals surface area contributed by atoms with Gasteiger partial charge in [0, 0.05) is 26.1 Å². The number of aromatic carboxylic acids is 1. The summed E-state index contributed by atoms with van der Waals surface area (Å²) in [5, 5.41) is 19.7. The highest BCUT2D eigenvalue weighted by Crippen LogP contribution is 2.39. The molecule has 3 rings (SSSR count). The van der Waals surface area contributed by atoms with Crippen LogP contribution in [-0.2, 0) is 11.3 Å². The Morgan fingerprint density at radius 3 is 2.64 bits per heavy atom. The molecule has 1 unspecified atom stereocenters. The molecule has 6 nitrogen and oxygen atoms in total. The number of methoxy groups -OCH3 is 1. The summed E-state index contributed by atoms with van der Waals surface area (Å²) < 4.78 is 11.2. The molecule has 0 amide bonds. The van der Waals surface area contributed by atoms with E-state index in [0.717, 1.165) is 31.5 Å². The smallest absolute Gasteiger partial charge is 0.339 e. The molecule has 6 heteroatoms. The zero-order chi connectivity index (χ0) is 18.1. The number of carbonyl (C=O) groups is 1. The molecule has 1 aromatic carbocycles. The number of piperidine rings is 1. The van der Waals surface area contributed by atoms with Gasteiger partial charge in [-0.25, -0.2) is 4.79 Å². The molecule has 0 aromatic heterocycles. The summed E-state index contributed by atoms with van der Waals surface area (Å²) in [5.41, 5.74) is 0.322. The van der Waals surface area contributed by atoms with Crippen molar-refractivity contribution in [3.8, 4) is 5.75 Å². The van der Waals surface area contributed by atoms with E-state index in [9.17, 15) is 15.0 Å². The fourth-order valence-electron chi connectivity index (χ4n) is 4.04. The van der Waals surface area contributed by atoms with Crippen LogP contribution < -0.4 is 4.74 Å². The van der Waals surface area contributed by atoms with Crippen LogP contribution in [0, 0.1) is 0 Å². The third kappa shape index (κ3) is 4.14. The Morgan fingerprint density at radius 1 is 1.32 bits per heavy atom. The third-order valence-corrected chi connectivity index (χ3v) is 5.42. The molecule has 2 aliphatic rings. The molecule has 0 radical (unpaired) electrons. The average molecular weight is 349 g/mol. The van der Waals surface area contributed by atoms with E-state index >= 15 is 0 Å². The third-order valence-electron chi connectivity index (χ3n) is 5.42. The van der Waals surface area contributed by atoms with Crippen molar-refractivity contribution >= 4 is 5.97 Å². The van der Waals surface area contributed by atoms with Crippen molar-refractivity contribution in [1.82, 2.24) is 4.90 Å². The van der Waals surface area contributed by atoms with E-state index in [1.165, 1.54) is 7.11 Å². The summed E-state index contributed by atoms with van der Waals surface area (Å²) in [6.07, 6.45) is 3.18. The molecule has 1 atom stereocenters. The van der Waals surface area contributed by atoms with Crippen molar-refractivity contribution in [2.45, 2.75) is 50.4 Å². The first-order chi connectivity index (χ1) is 11.8. The fraction of sp³-hybridized carbons (Fsp3) is 0.632. The number of hydrogen-bond acceptors (Lipinski definition) is 5. The molecular weight excluding hydrogens is 322 g/mol. The summed E-state index contributed by atoms with van der Waals surface area (Å²) in [5.74, 6) is -0.596. The lowest BCUT2D eigenvalue weighted by atomic mass is 9.78. The van der Waals surface area contributed by atoms with Crippen molar-refractivity contribution in [2.75, 3.05) is 26.8 Å². The monoisotopic (exact) mass is 349 g/mol. The van der Waals surface area contributed by atoms with E-state index in [4.69, 9.17) is 9.47 Å². The van der Waals surface area contributed by atoms with Crippen LogP contribution in [0.3, 0.4) is 0 Å². The normalized spacial score (nSPS) is 26.5. The first kappa shape index (κ1) is 18.2. The predicted molar refractivity (Wildman–Crippen MR) is 93.0 cm³/mol. The summed E-state index contributed by atoms with van der Waals surface area (Å²) in [6.45, 7) is 4.98. The molecule has 2 N–H and O–H groups in total. The zero-order valence-electron chi connectivity index (χ0n) is 15.0. The van der Waals surface area contributed by atoms with Gasteiger partial charge >= 0.3 is 5.97 Å². The van der Waals surface area contributed by atoms with Crippen molar-refractivity contribution in [1.29, 1.82) is 0 Å². The predicted octanol–water partition coefficient (Wildman–Crippen LogP) is 2.29. The fourth-order valence-corrected chi connectivity index (χ4v) is 4.04. The molecule has 2 saturated heterocycles.